The van der Waals surface area contributed by atoms with Crippen LogP contribution in [0.2, 0.25) is 0 Å². The van der Waals surface area contributed by atoms with E-state index in [0.717, 1.165) is 22.3 Å². The Hall–Kier alpha value is -2.09. The summed E-state index contributed by atoms with van der Waals surface area (Å²) in [6.45, 7) is 5.97. The van der Waals surface area contributed by atoms with Gasteiger partial charge < -0.3 is 4.74 Å². The van der Waals surface area contributed by atoms with Crippen LogP contribution in [0.25, 0.3) is 0 Å². The summed E-state index contributed by atoms with van der Waals surface area (Å²) in [4.78, 5) is 12.6. The summed E-state index contributed by atoms with van der Waals surface area (Å²) in [6, 6.07) is 11.4. The molecule has 0 atom stereocenters. The zero-order valence-corrected chi connectivity index (χ0v) is 11.8. The van der Waals surface area contributed by atoms with Crippen molar-refractivity contribution in [2.75, 3.05) is 7.11 Å². The van der Waals surface area contributed by atoms with Gasteiger partial charge in [-0.15, -0.1) is 0 Å². The molecule has 2 aromatic rings. The van der Waals surface area contributed by atoms with Crippen LogP contribution in [0.1, 0.15) is 32.6 Å². The van der Waals surface area contributed by atoms with E-state index in [4.69, 9.17) is 4.74 Å². The molecule has 2 heteroatoms. The molecule has 0 spiro atoms. The molecule has 0 aliphatic carbocycles. The minimum atomic E-state index is 0.0121. The summed E-state index contributed by atoms with van der Waals surface area (Å²) in [5.41, 5.74) is 4.57. The van der Waals surface area contributed by atoms with Crippen molar-refractivity contribution in [1.29, 1.82) is 0 Å². The second kappa shape index (κ2) is 5.27. The van der Waals surface area contributed by atoms with Crippen LogP contribution < -0.4 is 4.74 Å². The van der Waals surface area contributed by atoms with Crippen molar-refractivity contribution in [3.05, 3.63) is 64.2 Å². The minimum Gasteiger partial charge on any atom is -0.496 e. The van der Waals surface area contributed by atoms with Crippen LogP contribution in [0, 0.1) is 20.8 Å². The van der Waals surface area contributed by atoms with Crippen LogP contribution in [0.5, 0.6) is 5.75 Å². The van der Waals surface area contributed by atoms with E-state index in [-0.39, 0.29) is 5.78 Å². The highest BCUT2D eigenvalue weighted by Crippen LogP contribution is 2.25. The average molecular weight is 254 g/mol. The zero-order valence-electron chi connectivity index (χ0n) is 11.8. The maximum absolute atomic E-state index is 12.6. The molecule has 0 bridgehead atoms. The van der Waals surface area contributed by atoms with Crippen molar-refractivity contribution in [2.45, 2.75) is 20.8 Å². The Morgan fingerprint density at radius 2 is 1.74 bits per heavy atom. The standard InChI is InChI=1S/C17H18O2/c1-11-8-9-15(16(10-11)19-4)17(18)14-7-5-6-12(2)13(14)3/h5-10H,1-4H3. The number of carbonyl (C=O) groups excluding carboxylic acids is 1. The molecule has 2 rings (SSSR count). The normalized spacial score (nSPS) is 10.3. The highest BCUT2D eigenvalue weighted by molar-refractivity contribution is 6.11. The molecular formula is C17H18O2. The number of methoxy groups -OCH3 is 1. The SMILES string of the molecule is COc1cc(C)ccc1C(=O)c1cccc(C)c1C. The number of hydrogen-bond donors (Lipinski definition) is 0. The third kappa shape index (κ3) is 2.53. The largest absolute Gasteiger partial charge is 0.496 e. The fourth-order valence-corrected chi connectivity index (χ4v) is 2.13. The minimum absolute atomic E-state index is 0.0121. The van der Waals surface area contributed by atoms with Crippen molar-refractivity contribution in [3.63, 3.8) is 0 Å². The van der Waals surface area contributed by atoms with Gasteiger partial charge in [-0.3, -0.25) is 4.79 Å². The lowest BCUT2D eigenvalue weighted by Gasteiger charge is -2.11. The van der Waals surface area contributed by atoms with Crippen molar-refractivity contribution < 1.29 is 9.53 Å². The molecule has 0 heterocycles. The van der Waals surface area contributed by atoms with Crippen molar-refractivity contribution in [1.82, 2.24) is 0 Å². The first-order chi connectivity index (χ1) is 9.04. The number of hydrogen-bond acceptors (Lipinski definition) is 2. The van der Waals surface area contributed by atoms with E-state index in [1.807, 2.05) is 57.2 Å². The quantitative estimate of drug-likeness (QED) is 0.778. The molecule has 0 unspecified atom stereocenters. The molecule has 98 valence electrons. The fraction of sp³-hybridized carbons (Fsp3) is 0.235. The van der Waals surface area contributed by atoms with E-state index in [1.54, 1.807) is 7.11 Å². The van der Waals surface area contributed by atoms with Crippen LogP contribution in [0.15, 0.2) is 36.4 Å². The van der Waals surface area contributed by atoms with Gasteiger partial charge in [0, 0.05) is 5.56 Å². The van der Waals surface area contributed by atoms with E-state index in [1.165, 1.54) is 0 Å². The molecule has 0 saturated heterocycles. The molecule has 0 aliphatic rings. The molecule has 0 fully saturated rings. The Labute approximate surface area is 114 Å². The number of ether oxygens (including phenoxy) is 1. The first kappa shape index (κ1) is 13.3. The maximum Gasteiger partial charge on any atom is 0.197 e. The van der Waals surface area contributed by atoms with E-state index in [9.17, 15) is 4.79 Å². The molecule has 0 aromatic heterocycles. The van der Waals surface area contributed by atoms with Crippen LogP contribution in [0.4, 0.5) is 0 Å². The van der Waals surface area contributed by atoms with Gasteiger partial charge in [0.2, 0.25) is 0 Å². The molecule has 0 amide bonds. The first-order valence-corrected chi connectivity index (χ1v) is 6.30. The number of rotatable bonds is 3. The Balaban J connectivity index is 2.53. The molecule has 2 nitrogen and oxygen atoms in total. The lowest BCUT2D eigenvalue weighted by Crippen LogP contribution is -2.07. The Bertz CT molecular complexity index is 627. The van der Waals surface area contributed by atoms with Crippen LogP contribution in [-0.2, 0) is 0 Å². The van der Waals surface area contributed by atoms with E-state index >= 15 is 0 Å². The van der Waals surface area contributed by atoms with Gasteiger partial charge in [0.25, 0.3) is 0 Å². The second-order valence-corrected chi connectivity index (χ2v) is 4.78. The van der Waals surface area contributed by atoms with Gasteiger partial charge in [-0.2, -0.15) is 0 Å². The molecule has 0 saturated carbocycles. The fourth-order valence-electron chi connectivity index (χ4n) is 2.13. The lowest BCUT2D eigenvalue weighted by atomic mass is 9.95. The highest BCUT2D eigenvalue weighted by atomic mass is 16.5. The third-order valence-corrected chi connectivity index (χ3v) is 3.45. The number of ketones is 1. The van der Waals surface area contributed by atoms with E-state index in [2.05, 4.69) is 0 Å². The third-order valence-electron chi connectivity index (χ3n) is 3.45. The predicted molar refractivity (Wildman–Crippen MR) is 77.1 cm³/mol. The summed E-state index contributed by atoms with van der Waals surface area (Å²) in [6.07, 6.45) is 0. The van der Waals surface area contributed by atoms with Gasteiger partial charge in [-0.1, -0.05) is 24.3 Å². The number of benzene rings is 2. The smallest absolute Gasteiger partial charge is 0.197 e. The second-order valence-electron chi connectivity index (χ2n) is 4.78. The maximum atomic E-state index is 12.6. The number of aryl methyl sites for hydroxylation is 2. The van der Waals surface area contributed by atoms with Gasteiger partial charge in [0.1, 0.15) is 5.75 Å². The van der Waals surface area contributed by atoms with Crippen LogP contribution in [-0.4, -0.2) is 12.9 Å². The van der Waals surface area contributed by atoms with Crippen molar-refractivity contribution >= 4 is 5.78 Å². The highest BCUT2D eigenvalue weighted by Gasteiger charge is 2.16. The van der Waals surface area contributed by atoms with Gasteiger partial charge in [-0.25, -0.2) is 0 Å². The first-order valence-electron chi connectivity index (χ1n) is 6.30. The summed E-state index contributed by atoms with van der Waals surface area (Å²) in [5, 5.41) is 0. The molecule has 19 heavy (non-hydrogen) atoms. The summed E-state index contributed by atoms with van der Waals surface area (Å²) >= 11 is 0. The molecule has 0 N–H and O–H groups in total. The Kier molecular flexibility index (Phi) is 3.70. The van der Waals surface area contributed by atoms with E-state index in [0.29, 0.717) is 11.3 Å². The molecular weight excluding hydrogens is 236 g/mol. The van der Waals surface area contributed by atoms with Gasteiger partial charge in [-0.05, 0) is 49.6 Å². The van der Waals surface area contributed by atoms with Crippen molar-refractivity contribution in [2.24, 2.45) is 0 Å². The predicted octanol–water partition coefficient (Wildman–Crippen LogP) is 3.85. The topological polar surface area (TPSA) is 26.3 Å². The lowest BCUT2D eigenvalue weighted by molar-refractivity contribution is 0.103. The molecule has 0 radical (unpaired) electrons. The van der Waals surface area contributed by atoms with Crippen LogP contribution in [0.3, 0.4) is 0 Å². The average Bonchev–Trinajstić information content (AvgIpc) is 2.41. The summed E-state index contributed by atoms with van der Waals surface area (Å²) < 4.78 is 5.32. The Morgan fingerprint density at radius 3 is 2.42 bits per heavy atom. The van der Waals surface area contributed by atoms with Gasteiger partial charge >= 0.3 is 0 Å². The zero-order chi connectivity index (χ0) is 14.0. The molecule has 0 aliphatic heterocycles. The van der Waals surface area contributed by atoms with Gasteiger partial charge in [0.15, 0.2) is 5.78 Å². The van der Waals surface area contributed by atoms with Crippen LogP contribution >= 0.6 is 0 Å². The Morgan fingerprint density at radius 1 is 1.00 bits per heavy atom. The van der Waals surface area contributed by atoms with E-state index < -0.39 is 0 Å². The number of carbonyl (C=O) groups is 1. The summed E-state index contributed by atoms with van der Waals surface area (Å²) in [7, 11) is 1.59. The monoisotopic (exact) mass is 254 g/mol. The molecule has 2 aromatic carbocycles. The summed E-state index contributed by atoms with van der Waals surface area (Å²) in [5.74, 6) is 0.643. The van der Waals surface area contributed by atoms with Crippen molar-refractivity contribution in [3.8, 4) is 5.75 Å². The van der Waals surface area contributed by atoms with Gasteiger partial charge in [0.05, 0.1) is 12.7 Å².